The van der Waals surface area contributed by atoms with Gasteiger partial charge in [-0.3, -0.25) is 4.79 Å². The third kappa shape index (κ3) is 4.99. The third-order valence-electron chi connectivity index (χ3n) is 4.33. The number of hydrogen-bond acceptors (Lipinski definition) is 4. The molecule has 1 aliphatic rings. The minimum absolute atomic E-state index is 0.116. The molecule has 3 aromatic rings. The Morgan fingerprint density at radius 1 is 1.07 bits per heavy atom. The largest absolute Gasteiger partial charge is 0.484 e. The first-order chi connectivity index (χ1) is 14.1. The summed E-state index contributed by atoms with van der Waals surface area (Å²) in [5, 5.41) is 0. The molecule has 29 heavy (non-hydrogen) atoms. The minimum Gasteiger partial charge on any atom is -0.484 e. The van der Waals surface area contributed by atoms with Crippen molar-refractivity contribution in [2.24, 2.45) is 0 Å². The first-order valence-electron chi connectivity index (χ1n) is 9.49. The predicted molar refractivity (Wildman–Crippen MR) is 103 cm³/mol. The van der Waals surface area contributed by atoms with Gasteiger partial charge in [-0.1, -0.05) is 13.8 Å². The normalized spacial score (nSPS) is 12.6. The van der Waals surface area contributed by atoms with E-state index >= 15 is 0 Å². The summed E-state index contributed by atoms with van der Waals surface area (Å²) < 4.78 is 37.2. The fourth-order valence-corrected chi connectivity index (χ4v) is 2.93. The van der Waals surface area contributed by atoms with Crippen molar-refractivity contribution in [3.8, 4) is 5.75 Å². The SMILES string of the molecule is CC.O=C(c1ccc(F)cc1)N1CCc2nc(COc3ccc(F)cc3)oc2C1. The number of amides is 1. The van der Waals surface area contributed by atoms with Gasteiger partial charge in [0.05, 0.1) is 12.2 Å². The van der Waals surface area contributed by atoms with Crippen molar-refractivity contribution in [2.75, 3.05) is 6.54 Å². The summed E-state index contributed by atoms with van der Waals surface area (Å²) in [6, 6.07) is 11.2. The van der Waals surface area contributed by atoms with Crippen LogP contribution >= 0.6 is 0 Å². The summed E-state index contributed by atoms with van der Waals surface area (Å²) in [7, 11) is 0. The second-order valence-electron chi connectivity index (χ2n) is 6.20. The first kappa shape index (κ1) is 20.5. The maximum Gasteiger partial charge on any atom is 0.254 e. The van der Waals surface area contributed by atoms with E-state index in [0.29, 0.717) is 42.5 Å². The average molecular weight is 400 g/mol. The van der Waals surface area contributed by atoms with Crippen LogP contribution in [0.4, 0.5) is 8.78 Å². The lowest BCUT2D eigenvalue weighted by atomic mass is 10.1. The standard InChI is InChI=1S/C20H16F2N2O3.C2H6/c21-14-3-1-13(2-4-14)20(25)24-10-9-17-18(11-24)27-19(23-17)12-26-16-7-5-15(22)6-8-16;1-2/h1-8H,9-12H2;1-2H3. The fraction of sp³-hybridized carbons (Fsp3) is 0.273. The van der Waals surface area contributed by atoms with E-state index in [9.17, 15) is 13.6 Å². The van der Waals surface area contributed by atoms with Crippen molar-refractivity contribution in [1.82, 2.24) is 9.88 Å². The van der Waals surface area contributed by atoms with Crippen LogP contribution in [0.15, 0.2) is 52.9 Å². The van der Waals surface area contributed by atoms with E-state index in [1.165, 1.54) is 48.5 Å². The van der Waals surface area contributed by atoms with Crippen LogP contribution in [0.25, 0.3) is 0 Å². The minimum atomic E-state index is -0.381. The number of nitrogens with zero attached hydrogens (tertiary/aromatic N) is 2. The lowest BCUT2D eigenvalue weighted by molar-refractivity contribution is 0.0718. The number of carbonyl (C=O) groups is 1. The molecule has 1 aliphatic heterocycles. The highest BCUT2D eigenvalue weighted by molar-refractivity contribution is 5.94. The van der Waals surface area contributed by atoms with Crippen LogP contribution in [0.2, 0.25) is 0 Å². The molecule has 2 aromatic carbocycles. The Morgan fingerprint density at radius 3 is 2.34 bits per heavy atom. The first-order valence-corrected chi connectivity index (χ1v) is 9.49. The molecule has 2 heterocycles. The molecule has 5 nitrogen and oxygen atoms in total. The van der Waals surface area contributed by atoms with Crippen LogP contribution in [0.3, 0.4) is 0 Å². The van der Waals surface area contributed by atoms with Crippen LogP contribution < -0.4 is 4.74 Å². The molecule has 1 aromatic heterocycles. The molecule has 0 atom stereocenters. The number of oxazole rings is 1. The van der Waals surface area contributed by atoms with E-state index in [1.54, 1.807) is 4.90 Å². The Balaban J connectivity index is 0.00000117. The monoisotopic (exact) mass is 400 g/mol. The number of rotatable bonds is 4. The fourth-order valence-electron chi connectivity index (χ4n) is 2.93. The number of aromatic nitrogens is 1. The number of fused-ring (bicyclic) bond motifs is 1. The molecular formula is C22H22F2N2O3. The topological polar surface area (TPSA) is 55.6 Å². The second-order valence-corrected chi connectivity index (χ2v) is 6.20. The second kappa shape index (κ2) is 9.32. The molecular weight excluding hydrogens is 378 g/mol. The Morgan fingerprint density at radius 2 is 1.69 bits per heavy atom. The van der Waals surface area contributed by atoms with Gasteiger partial charge in [-0.05, 0) is 48.5 Å². The summed E-state index contributed by atoms with van der Waals surface area (Å²) in [5.41, 5.74) is 1.23. The van der Waals surface area contributed by atoms with Crippen molar-refractivity contribution in [3.05, 3.63) is 83.1 Å². The number of carbonyl (C=O) groups excluding carboxylic acids is 1. The van der Waals surface area contributed by atoms with Gasteiger partial charge in [0, 0.05) is 18.5 Å². The zero-order valence-corrected chi connectivity index (χ0v) is 16.3. The van der Waals surface area contributed by atoms with Gasteiger partial charge in [0.25, 0.3) is 5.91 Å². The highest BCUT2D eigenvalue weighted by atomic mass is 19.1. The van der Waals surface area contributed by atoms with Crippen molar-refractivity contribution < 1.29 is 22.7 Å². The highest BCUT2D eigenvalue weighted by Crippen LogP contribution is 2.22. The smallest absolute Gasteiger partial charge is 0.254 e. The van der Waals surface area contributed by atoms with Crippen LogP contribution in [0.1, 0.15) is 41.6 Å². The highest BCUT2D eigenvalue weighted by Gasteiger charge is 2.26. The summed E-state index contributed by atoms with van der Waals surface area (Å²) >= 11 is 0. The molecule has 0 saturated heterocycles. The predicted octanol–water partition coefficient (Wildman–Crippen LogP) is 4.76. The molecule has 0 N–H and O–H groups in total. The van der Waals surface area contributed by atoms with Gasteiger partial charge < -0.3 is 14.1 Å². The zero-order chi connectivity index (χ0) is 20.8. The van der Waals surface area contributed by atoms with Gasteiger partial charge in [-0.2, -0.15) is 0 Å². The molecule has 0 unspecified atom stereocenters. The lowest BCUT2D eigenvalue weighted by Crippen LogP contribution is -2.35. The molecule has 1 amide bonds. The Kier molecular flexibility index (Phi) is 6.59. The zero-order valence-electron chi connectivity index (χ0n) is 16.3. The third-order valence-corrected chi connectivity index (χ3v) is 4.33. The van der Waals surface area contributed by atoms with Crippen LogP contribution in [-0.2, 0) is 19.6 Å². The number of halogens is 2. The molecule has 0 saturated carbocycles. The van der Waals surface area contributed by atoms with Gasteiger partial charge in [0.2, 0.25) is 5.89 Å². The molecule has 0 spiro atoms. The van der Waals surface area contributed by atoms with Gasteiger partial charge in [0.1, 0.15) is 23.1 Å². The van der Waals surface area contributed by atoms with E-state index in [0.717, 1.165) is 5.69 Å². The van der Waals surface area contributed by atoms with Crippen molar-refractivity contribution in [2.45, 2.75) is 33.4 Å². The molecule has 152 valence electrons. The average Bonchev–Trinajstić information content (AvgIpc) is 3.17. The molecule has 0 aliphatic carbocycles. The summed E-state index contributed by atoms with van der Waals surface area (Å²) in [5.74, 6) is 0.644. The maximum absolute atomic E-state index is 13.0. The van der Waals surface area contributed by atoms with E-state index in [4.69, 9.17) is 9.15 Å². The maximum atomic E-state index is 13.0. The van der Waals surface area contributed by atoms with Gasteiger partial charge in [-0.25, -0.2) is 13.8 Å². The van der Waals surface area contributed by atoms with Crippen LogP contribution in [0, 0.1) is 11.6 Å². The van der Waals surface area contributed by atoms with Crippen molar-refractivity contribution >= 4 is 5.91 Å². The summed E-state index contributed by atoms with van der Waals surface area (Å²) in [4.78, 5) is 18.6. The quantitative estimate of drug-likeness (QED) is 0.634. The Bertz CT molecular complexity index is 953. The number of benzene rings is 2. The summed E-state index contributed by atoms with van der Waals surface area (Å²) in [6.45, 7) is 4.92. The summed E-state index contributed by atoms with van der Waals surface area (Å²) in [6.07, 6.45) is 0.572. The Hall–Kier alpha value is -3.22. The molecule has 0 fully saturated rings. The van der Waals surface area contributed by atoms with Crippen molar-refractivity contribution in [1.29, 1.82) is 0 Å². The van der Waals surface area contributed by atoms with E-state index in [2.05, 4.69) is 4.98 Å². The lowest BCUT2D eigenvalue weighted by Gasteiger charge is -2.25. The van der Waals surface area contributed by atoms with Crippen molar-refractivity contribution in [3.63, 3.8) is 0 Å². The van der Waals surface area contributed by atoms with E-state index in [1.807, 2.05) is 13.8 Å². The van der Waals surface area contributed by atoms with Crippen LogP contribution in [0.5, 0.6) is 5.75 Å². The van der Waals surface area contributed by atoms with E-state index in [-0.39, 0.29) is 24.1 Å². The van der Waals surface area contributed by atoms with Gasteiger partial charge in [-0.15, -0.1) is 0 Å². The molecule has 4 rings (SSSR count). The Labute approximate surface area is 167 Å². The molecule has 0 bridgehead atoms. The number of ether oxygens (including phenoxy) is 1. The van der Waals surface area contributed by atoms with Crippen LogP contribution in [-0.4, -0.2) is 22.3 Å². The molecule has 0 radical (unpaired) electrons. The molecule has 7 heteroatoms. The van der Waals surface area contributed by atoms with Gasteiger partial charge in [0.15, 0.2) is 6.61 Å². The number of hydrogen-bond donors (Lipinski definition) is 0. The van der Waals surface area contributed by atoms with E-state index < -0.39 is 0 Å². The van der Waals surface area contributed by atoms with Gasteiger partial charge >= 0.3 is 0 Å².